The van der Waals surface area contributed by atoms with Gasteiger partial charge in [-0.05, 0) is 37.6 Å². The predicted octanol–water partition coefficient (Wildman–Crippen LogP) is 8.77. The van der Waals surface area contributed by atoms with Crippen molar-refractivity contribution in [2.75, 3.05) is 6.61 Å². The fourth-order valence-electron chi connectivity index (χ4n) is 4.75. The Morgan fingerprint density at radius 3 is 2.07 bits per heavy atom. The summed E-state index contributed by atoms with van der Waals surface area (Å²) in [6.07, 6.45) is 23.3. The average Bonchev–Trinajstić information content (AvgIpc) is 2.68. The van der Waals surface area contributed by atoms with E-state index in [1.54, 1.807) is 0 Å². The third-order valence-corrected chi connectivity index (χ3v) is 12.6. The van der Waals surface area contributed by atoms with Crippen molar-refractivity contribution in [2.45, 2.75) is 141 Å². The zero-order valence-electron chi connectivity index (χ0n) is 19.2. The third-order valence-electron chi connectivity index (χ3n) is 6.72. The summed E-state index contributed by atoms with van der Waals surface area (Å²) in [5.41, 5.74) is 4.12. The van der Waals surface area contributed by atoms with Crippen LogP contribution in [0.25, 0.3) is 0 Å². The van der Waals surface area contributed by atoms with E-state index in [0.29, 0.717) is 5.73 Å². The normalized spacial score (nSPS) is 20.4. The molecule has 1 nitrogen and oxygen atoms in total. The Hall–Kier alpha value is -0.0831. The van der Waals surface area contributed by atoms with Crippen LogP contribution in [0.4, 0.5) is 0 Å². The highest BCUT2D eigenvalue weighted by Crippen LogP contribution is 2.37. The Morgan fingerprint density at radius 2 is 1.48 bits per heavy atom. The first-order valence-corrected chi connectivity index (χ1v) is 14.9. The van der Waals surface area contributed by atoms with E-state index in [0.717, 1.165) is 12.1 Å². The van der Waals surface area contributed by atoms with E-state index in [1.165, 1.54) is 102 Å². The van der Waals surface area contributed by atoms with Gasteiger partial charge in [-0.1, -0.05) is 110 Å². The summed E-state index contributed by atoms with van der Waals surface area (Å²) in [7, 11) is -1.50. The lowest BCUT2D eigenvalue weighted by Crippen LogP contribution is -2.51. The zero-order valence-corrected chi connectivity index (χ0v) is 20.2. The van der Waals surface area contributed by atoms with Crippen LogP contribution >= 0.6 is 0 Å². The molecule has 0 aliphatic carbocycles. The van der Waals surface area contributed by atoms with Crippen LogP contribution < -0.4 is 0 Å². The number of rotatable bonds is 16. The van der Waals surface area contributed by atoms with Crippen LogP contribution in [0.3, 0.4) is 0 Å². The highest BCUT2D eigenvalue weighted by Gasteiger charge is 2.42. The maximum absolute atomic E-state index is 6.39. The molecule has 2 heteroatoms. The molecule has 0 bridgehead atoms. The molecule has 0 radical (unpaired) electrons. The Bertz CT molecular complexity index is 359. The van der Waals surface area contributed by atoms with E-state index in [1.807, 2.05) is 0 Å². The topological polar surface area (TPSA) is 9.23 Å². The molecule has 1 aliphatic rings. The first-order chi connectivity index (χ1) is 13.2. The lowest BCUT2D eigenvalue weighted by Gasteiger charge is -2.42. The molecule has 2 atom stereocenters. The minimum atomic E-state index is -1.50. The van der Waals surface area contributed by atoms with E-state index in [9.17, 15) is 0 Å². The first-order valence-electron chi connectivity index (χ1n) is 12.5. The molecule has 2 unspecified atom stereocenters. The van der Waals surface area contributed by atoms with Gasteiger partial charge in [0.05, 0.1) is 5.73 Å². The molecule has 1 rings (SSSR count). The highest BCUT2D eigenvalue weighted by molar-refractivity contribution is 6.86. The van der Waals surface area contributed by atoms with Crippen LogP contribution in [-0.2, 0) is 4.74 Å². The summed E-state index contributed by atoms with van der Waals surface area (Å²) in [4.78, 5) is 0. The average molecular weight is 395 g/mol. The SMILES string of the molecule is CCCCCCCCCCC=C[Si](CCCCC)(C(C)C)C1CCCCO1. The van der Waals surface area contributed by atoms with Gasteiger partial charge in [0.2, 0.25) is 0 Å². The van der Waals surface area contributed by atoms with Crippen LogP contribution in [0, 0.1) is 0 Å². The molecule has 0 saturated carbocycles. The molecular weight excluding hydrogens is 344 g/mol. The second kappa shape index (κ2) is 15.8. The molecule has 0 amide bonds. The van der Waals surface area contributed by atoms with Crippen molar-refractivity contribution in [3.8, 4) is 0 Å². The van der Waals surface area contributed by atoms with Crippen molar-refractivity contribution in [3.05, 3.63) is 11.8 Å². The maximum atomic E-state index is 6.39. The lowest BCUT2D eigenvalue weighted by atomic mass is 10.1. The number of unbranched alkanes of at least 4 members (excludes halogenated alkanes) is 10. The maximum Gasteiger partial charge on any atom is 0.113 e. The number of hydrogen-bond donors (Lipinski definition) is 0. The minimum Gasteiger partial charge on any atom is -0.381 e. The van der Waals surface area contributed by atoms with Gasteiger partial charge in [-0.2, -0.15) is 0 Å². The molecule has 0 spiro atoms. The summed E-state index contributed by atoms with van der Waals surface area (Å²) in [6.45, 7) is 10.6. The van der Waals surface area contributed by atoms with Gasteiger partial charge >= 0.3 is 0 Å². The molecular formula is C25H50OSi. The third kappa shape index (κ3) is 9.79. The summed E-state index contributed by atoms with van der Waals surface area (Å²) in [5, 5.41) is 0. The molecule has 0 aromatic rings. The molecule has 1 aliphatic heterocycles. The number of allylic oxidation sites excluding steroid dienone is 1. The van der Waals surface area contributed by atoms with Gasteiger partial charge in [0.25, 0.3) is 0 Å². The fourth-order valence-corrected chi connectivity index (χ4v) is 9.80. The van der Waals surface area contributed by atoms with Crippen LogP contribution in [0.5, 0.6) is 0 Å². The quantitative estimate of drug-likeness (QED) is 0.188. The number of hydrogen-bond acceptors (Lipinski definition) is 1. The molecule has 0 aromatic carbocycles. The molecule has 1 fully saturated rings. The standard InChI is InChI=1S/C25H50OSi/c1-5-7-9-10-11-12-13-14-15-19-23-27(24(3)4,22-18-8-6-2)25-20-16-17-21-26-25/h19,23-25H,5-18,20-22H2,1-4H3. The lowest BCUT2D eigenvalue weighted by molar-refractivity contribution is 0.0589. The highest BCUT2D eigenvalue weighted by atomic mass is 28.3. The molecule has 160 valence electrons. The van der Waals surface area contributed by atoms with Crippen LogP contribution in [0.2, 0.25) is 11.6 Å². The predicted molar refractivity (Wildman–Crippen MR) is 125 cm³/mol. The van der Waals surface area contributed by atoms with Crippen molar-refractivity contribution < 1.29 is 4.74 Å². The van der Waals surface area contributed by atoms with Gasteiger partial charge < -0.3 is 4.74 Å². The van der Waals surface area contributed by atoms with Gasteiger partial charge in [0.15, 0.2) is 0 Å². The fraction of sp³-hybridized carbons (Fsp3) is 0.920. The van der Waals surface area contributed by atoms with E-state index in [2.05, 4.69) is 39.5 Å². The van der Waals surface area contributed by atoms with E-state index < -0.39 is 8.07 Å². The van der Waals surface area contributed by atoms with Crippen molar-refractivity contribution >= 4 is 8.07 Å². The largest absolute Gasteiger partial charge is 0.381 e. The molecule has 1 saturated heterocycles. The Kier molecular flexibility index (Phi) is 14.6. The van der Waals surface area contributed by atoms with Gasteiger partial charge in [-0.15, -0.1) is 0 Å². The summed E-state index contributed by atoms with van der Waals surface area (Å²) in [5.74, 6) is 0. The van der Waals surface area contributed by atoms with Crippen molar-refractivity contribution in [1.82, 2.24) is 0 Å². The first kappa shape index (κ1) is 25.0. The molecule has 0 aromatic heterocycles. The zero-order chi connectivity index (χ0) is 19.8. The molecule has 27 heavy (non-hydrogen) atoms. The summed E-state index contributed by atoms with van der Waals surface area (Å²) in [6, 6.07) is 1.44. The van der Waals surface area contributed by atoms with Gasteiger partial charge in [0, 0.05) is 6.61 Å². The Balaban J connectivity index is 2.47. The molecule has 0 N–H and O–H groups in total. The van der Waals surface area contributed by atoms with E-state index in [4.69, 9.17) is 4.74 Å². The van der Waals surface area contributed by atoms with Gasteiger partial charge in [-0.3, -0.25) is 0 Å². The smallest absolute Gasteiger partial charge is 0.113 e. The Labute approximate surface area is 172 Å². The molecule has 1 heterocycles. The van der Waals surface area contributed by atoms with E-state index >= 15 is 0 Å². The van der Waals surface area contributed by atoms with Crippen molar-refractivity contribution in [2.24, 2.45) is 0 Å². The summed E-state index contributed by atoms with van der Waals surface area (Å²) >= 11 is 0. The Morgan fingerprint density at radius 1 is 0.852 bits per heavy atom. The second-order valence-corrected chi connectivity index (χ2v) is 14.1. The van der Waals surface area contributed by atoms with Crippen LogP contribution in [-0.4, -0.2) is 20.4 Å². The van der Waals surface area contributed by atoms with Crippen molar-refractivity contribution in [3.63, 3.8) is 0 Å². The van der Waals surface area contributed by atoms with Crippen LogP contribution in [0.1, 0.15) is 124 Å². The van der Waals surface area contributed by atoms with Gasteiger partial charge in [0.1, 0.15) is 8.07 Å². The summed E-state index contributed by atoms with van der Waals surface area (Å²) < 4.78 is 6.39. The second-order valence-electron chi connectivity index (χ2n) is 9.25. The monoisotopic (exact) mass is 394 g/mol. The van der Waals surface area contributed by atoms with Gasteiger partial charge in [-0.25, -0.2) is 0 Å². The van der Waals surface area contributed by atoms with Crippen LogP contribution in [0.15, 0.2) is 11.8 Å². The van der Waals surface area contributed by atoms with Crippen molar-refractivity contribution in [1.29, 1.82) is 0 Å². The number of ether oxygens (including phenoxy) is 1. The van der Waals surface area contributed by atoms with E-state index in [-0.39, 0.29) is 0 Å². The minimum absolute atomic E-state index is 0.581.